The zero-order valence-electron chi connectivity index (χ0n) is 22.6. The molecule has 0 spiro atoms. The lowest BCUT2D eigenvalue weighted by atomic mass is 9.85. The Morgan fingerprint density at radius 3 is 2.67 bits per heavy atom. The van der Waals surface area contributed by atoms with E-state index >= 15 is 0 Å². The number of urea groups is 1. The fourth-order valence-electron chi connectivity index (χ4n) is 5.86. The van der Waals surface area contributed by atoms with E-state index < -0.39 is 17.5 Å². The highest BCUT2D eigenvalue weighted by atomic mass is 16.6. The highest BCUT2D eigenvalue weighted by Gasteiger charge is 2.50. The molecule has 6 rings (SSSR count). The number of nitrogens with one attached hydrogen (secondary N) is 1. The third-order valence-corrected chi connectivity index (χ3v) is 7.81. The van der Waals surface area contributed by atoms with Crippen LogP contribution in [0.15, 0.2) is 29.1 Å². The second-order valence-electron chi connectivity index (χ2n) is 11.5. The van der Waals surface area contributed by atoms with E-state index in [-0.39, 0.29) is 42.1 Å². The van der Waals surface area contributed by atoms with Crippen LogP contribution < -0.4 is 15.8 Å². The Kier molecular flexibility index (Phi) is 5.40. The number of aromatic nitrogens is 2. The standard InChI is InChI=1S/C29H30N4O6/c1-6-29(39-15(2)34)18-12-21-23-16(13-33(21)25(35)17(18)14-38-26(29)36)24-22-19(30-23)8-7-9-20(22)31-27(37)32(24)11-10-28(3,4)5/h7-9,12H,6,10-11,13-14H2,1-5H3,(H,31,37)/t29-/m0/s1. The van der Waals surface area contributed by atoms with Gasteiger partial charge in [0.25, 0.3) is 5.56 Å². The molecule has 0 bridgehead atoms. The second kappa shape index (κ2) is 8.39. The molecular weight excluding hydrogens is 500 g/mol. The molecule has 10 heteroatoms. The van der Waals surface area contributed by atoms with Gasteiger partial charge in [0.2, 0.25) is 5.60 Å². The molecule has 5 heterocycles. The van der Waals surface area contributed by atoms with E-state index in [1.54, 1.807) is 22.5 Å². The summed E-state index contributed by atoms with van der Waals surface area (Å²) < 4.78 is 12.5. The van der Waals surface area contributed by atoms with Gasteiger partial charge in [-0.2, -0.15) is 0 Å². The van der Waals surface area contributed by atoms with E-state index in [1.165, 1.54) is 6.92 Å². The highest BCUT2D eigenvalue weighted by Crippen LogP contribution is 2.47. The number of esters is 2. The monoisotopic (exact) mass is 530 g/mol. The van der Waals surface area contributed by atoms with Crippen LogP contribution in [0.3, 0.4) is 0 Å². The molecule has 2 aromatic heterocycles. The topological polar surface area (TPSA) is 120 Å². The largest absolute Gasteiger partial charge is 0.457 e. The first kappa shape index (κ1) is 25.1. The van der Waals surface area contributed by atoms with Crippen molar-refractivity contribution in [1.82, 2.24) is 9.55 Å². The minimum absolute atomic E-state index is 0.00173. The quantitative estimate of drug-likeness (QED) is 0.388. The van der Waals surface area contributed by atoms with Crippen LogP contribution in [-0.4, -0.2) is 34.1 Å². The third kappa shape index (κ3) is 3.65. The summed E-state index contributed by atoms with van der Waals surface area (Å²) in [7, 11) is 0. The number of hydrogen-bond acceptors (Lipinski definition) is 7. The first-order valence-electron chi connectivity index (χ1n) is 13.1. The van der Waals surface area contributed by atoms with Crippen LogP contribution in [0.2, 0.25) is 0 Å². The Bertz CT molecular complexity index is 1670. The summed E-state index contributed by atoms with van der Waals surface area (Å²) in [6.07, 6.45) is 0.873. The van der Waals surface area contributed by atoms with Gasteiger partial charge < -0.3 is 19.4 Å². The molecule has 3 aliphatic heterocycles. The van der Waals surface area contributed by atoms with E-state index in [9.17, 15) is 19.2 Å². The molecule has 10 nitrogen and oxygen atoms in total. The number of nitrogens with zero attached hydrogens (tertiary/aromatic N) is 3. The van der Waals surface area contributed by atoms with Crippen molar-refractivity contribution in [1.29, 1.82) is 0 Å². The molecule has 3 aliphatic rings. The van der Waals surface area contributed by atoms with Gasteiger partial charge in [0, 0.05) is 30.0 Å². The van der Waals surface area contributed by atoms with Crippen molar-refractivity contribution in [2.75, 3.05) is 16.8 Å². The molecule has 2 amide bonds. The molecule has 0 radical (unpaired) electrons. The Morgan fingerprint density at radius 1 is 1.21 bits per heavy atom. The van der Waals surface area contributed by atoms with Crippen LogP contribution in [0, 0.1) is 5.41 Å². The van der Waals surface area contributed by atoms with Gasteiger partial charge in [-0.15, -0.1) is 0 Å². The number of fused-ring (bicyclic) bond motifs is 5. The zero-order valence-corrected chi connectivity index (χ0v) is 22.6. The fraction of sp³-hybridized carbons (Fsp3) is 0.414. The van der Waals surface area contributed by atoms with E-state index in [0.717, 1.165) is 23.1 Å². The van der Waals surface area contributed by atoms with Crippen LogP contribution in [0.1, 0.15) is 64.2 Å². The van der Waals surface area contributed by atoms with Gasteiger partial charge >= 0.3 is 18.0 Å². The van der Waals surface area contributed by atoms with Gasteiger partial charge in [-0.25, -0.2) is 14.6 Å². The lowest BCUT2D eigenvalue weighted by molar-refractivity contribution is -0.188. The van der Waals surface area contributed by atoms with Crippen LogP contribution >= 0.6 is 0 Å². The van der Waals surface area contributed by atoms with Gasteiger partial charge in [0.15, 0.2) is 0 Å². The van der Waals surface area contributed by atoms with E-state index in [4.69, 9.17) is 14.5 Å². The highest BCUT2D eigenvalue weighted by molar-refractivity contribution is 6.19. The van der Waals surface area contributed by atoms with Crippen molar-refractivity contribution >= 4 is 40.2 Å². The maximum atomic E-state index is 13.9. The number of rotatable bonds is 4. The van der Waals surface area contributed by atoms with Crippen molar-refractivity contribution in [2.24, 2.45) is 5.41 Å². The molecule has 0 saturated heterocycles. The van der Waals surface area contributed by atoms with Gasteiger partial charge in [0.1, 0.15) is 6.61 Å². The number of cyclic esters (lactones) is 1. The zero-order chi connectivity index (χ0) is 27.9. The summed E-state index contributed by atoms with van der Waals surface area (Å²) in [5.74, 6) is -1.35. The van der Waals surface area contributed by atoms with E-state index in [2.05, 4.69) is 26.1 Å². The van der Waals surface area contributed by atoms with Gasteiger partial charge in [-0.1, -0.05) is 33.8 Å². The Hall–Kier alpha value is -4.21. The minimum atomic E-state index is -1.71. The number of hydrogen-bond donors (Lipinski definition) is 1. The molecule has 3 aromatic rings. The third-order valence-electron chi connectivity index (χ3n) is 7.81. The van der Waals surface area contributed by atoms with E-state index in [0.29, 0.717) is 34.7 Å². The van der Waals surface area contributed by atoms with Crippen molar-refractivity contribution in [3.05, 3.63) is 51.3 Å². The molecule has 39 heavy (non-hydrogen) atoms. The molecule has 0 fully saturated rings. The van der Waals surface area contributed by atoms with Crippen molar-refractivity contribution in [3.8, 4) is 11.4 Å². The fourth-order valence-corrected chi connectivity index (χ4v) is 5.86. The maximum Gasteiger partial charge on any atom is 0.355 e. The summed E-state index contributed by atoms with van der Waals surface area (Å²) in [5.41, 5.74) is 2.49. The lowest BCUT2D eigenvalue weighted by Gasteiger charge is -2.35. The summed E-state index contributed by atoms with van der Waals surface area (Å²) in [4.78, 5) is 58.9. The molecule has 1 atom stereocenters. The molecule has 1 aromatic carbocycles. The molecule has 0 saturated carbocycles. The number of anilines is 2. The number of amides is 2. The number of benzene rings is 1. The van der Waals surface area contributed by atoms with Crippen LogP contribution in [0.4, 0.5) is 16.2 Å². The second-order valence-corrected chi connectivity index (χ2v) is 11.5. The Morgan fingerprint density at radius 2 is 1.97 bits per heavy atom. The summed E-state index contributed by atoms with van der Waals surface area (Å²) in [6, 6.07) is 7.07. The summed E-state index contributed by atoms with van der Waals surface area (Å²) >= 11 is 0. The molecule has 202 valence electrons. The van der Waals surface area contributed by atoms with Crippen molar-refractivity contribution in [2.45, 2.75) is 66.2 Å². The molecule has 0 unspecified atom stereocenters. The summed E-state index contributed by atoms with van der Waals surface area (Å²) in [5, 5.41) is 3.83. The predicted molar refractivity (Wildman–Crippen MR) is 145 cm³/mol. The first-order valence-corrected chi connectivity index (χ1v) is 13.1. The molecule has 0 aliphatic carbocycles. The Balaban J connectivity index is 1.61. The van der Waals surface area contributed by atoms with Gasteiger partial charge in [-0.3, -0.25) is 14.5 Å². The average Bonchev–Trinajstić information content (AvgIpc) is 3.23. The number of carbonyl (C=O) groups is 3. The lowest BCUT2D eigenvalue weighted by Crippen LogP contribution is -2.47. The predicted octanol–water partition coefficient (Wildman–Crippen LogP) is 4.44. The summed E-state index contributed by atoms with van der Waals surface area (Å²) in [6.45, 7) is 9.81. The number of carbonyl (C=O) groups excluding carboxylic acids is 3. The van der Waals surface area contributed by atoms with E-state index in [1.807, 2.05) is 18.2 Å². The minimum Gasteiger partial charge on any atom is -0.457 e. The first-order chi connectivity index (χ1) is 18.4. The molecule has 1 N–H and O–H groups in total. The SMILES string of the molecule is CC[C@@]1(OC(C)=O)C(=O)OCc2c1cc1n(c2=O)Cc2c-1nc1cccc3c1c2N(CCC(C)(C)C)C(=O)N3. The molecular formula is C29H30N4O6. The average molecular weight is 531 g/mol. The number of pyridine rings is 2. The number of ether oxygens (including phenoxy) is 2. The van der Waals surface area contributed by atoms with Crippen molar-refractivity contribution < 1.29 is 23.9 Å². The van der Waals surface area contributed by atoms with Crippen molar-refractivity contribution in [3.63, 3.8) is 0 Å². The Labute approximate surface area is 224 Å². The maximum absolute atomic E-state index is 13.9. The van der Waals surface area contributed by atoms with Crippen LogP contribution in [-0.2, 0) is 37.8 Å². The smallest absolute Gasteiger partial charge is 0.355 e. The van der Waals surface area contributed by atoms with Crippen LogP contribution in [0.25, 0.3) is 22.3 Å². The van der Waals surface area contributed by atoms with Crippen LogP contribution in [0.5, 0.6) is 0 Å². The van der Waals surface area contributed by atoms with Gasteiger partial charge in [0.05, 0.1) is 40.4 Å². The normalized spacial score (nSPS) is 19.3. The van der Waals surface area contributed by atoms with Gasteiger partial charge in [-0.05, 0) is 36.5 Å².